The fourth-order valence-electron chi connectivity index (χ4n) is 7.85. The molecule has 3 rings (SSSR count). The van der Waals surface area contributed by atoms with Crippen molar-refractivity contribution in [3.05, 3.63) is 69.5 Å². The molecule has 0 unspecified atom stereocenters. The van der Waals surface area contributed by atoms with Gasteiger partial charge in [-0.1, -0.05) is 126 Å². The summed E-state index contributed by atoms with van der Waals surface area (Å²) in [6.45, 7) is 7.62. The molecule has 0 radical (unpaired) electrons. The van der Waals surface area contributed by atoms with Gasteiger partial charge in [0.05, 0.1) is 80.4 Å². The van der Waals surface area contributed by atoms with E-state index < -0.39 is 11.8 Å². The van der Waals surface area contributed by atoms with Crippen molar-refractivity contribution in [2.75, 3.05) is 68.6 Å². The maximum absolute atomic E-state index is 14.0. The second-order valence-electron chi connectivity index (χ2n) is 19.5. The van der Waals surface area contributed by atoms with Crippen molar-refractivity contribution in [1.82, 2.24) is 0 Å². The highest BCUT2D eigenvalue weighted by molar-refractivity contribution is 8.06. The largest absolute Gasteiger partial charge is 0.465 e. The number of quaternary nitrogens is 2. The Labute approximate surface area is 376 Å². The maximum atomic E-state index is 14.0. The van der Waals surface area contributed by atoms with Crippen LogP contribution in [0.5, 0.6) is 0 Å². The second-order valence-corrected chi connectivity index (χ2v) is 21.8. The minimum absolute atomic E-state index is 0.253. The molecule has 6 nitrogen and oxygen atoms in total. The molecule has 1 aliphatic rings. The van der Waals surface area contributed by atoms with Crippen LogP contribution in [0.4, 0.5) is 0 Å². The third-order valence-corrected chi connectivity index (χ3v) is 14.1. The van der Waals surface area contributed by atoms with Gasteiger partial charge < -0.3 is 18.4 Å². The third-order valence-electron chi connectivity index (χ3n) is 11.6. The Morgan fingerprint density at radius 1 is 0.483 bits per heavy atom. The number of hydrogen-bond donors (Lipinski definition) is 0. The number of esters is 2. The first-order valence-corrected chi connectivity index (χ1v) is 25.6. The third kappa shape index (κ3) is 22.7. The number of unbranched alkanes of at least 4 members (excludes halogenated alkanes) is 14. The van der Waals surface area contributed by atoms with Gasteiger partial charge in [-0.05, 0) is 112 Å². The predicted molar refractivity (Wildman–Crippen MR) is 257 cm³/mol. The van der Waals surface area contributed by atoms with Crippen LogP contribution < -0.4 is 0 Å². The summed E-state index contributed by atoms with van der Waals surface area (Å²) >= 11 is 3.51. The van der Waals surface area contributed by atoms with Gasteiger partial charge >= 0.3 is 11.9 Å². The summed E-state index contributed by atoms with van der Waals surface area (Å²) in [6.07, 6.45) is 24.3. The summed E-state index contributed by atoms with van der Waals surface area (Å²) in [5, 5.41) is 0. The first-order valence-electron chi connectivity index (χ1n) is 24.0. The fourth-order valence-corrected chi connectivity index (χ4v) is 10.1. The van der Waals surface area contributed by atoms with Crippen LogP contribution in [0.1, 0.15) is 153 Å². The van der Waals surface area contributed by atoms with Gasteiger partial charge in [0.25, 0.3) is 0 Å². The van der Waals surface area contributed by atoms with E-state index in [1.807, 2.05) is 0 Å². The summed E-state index contributed by atoms with van der Waals surface area (Å²) < 4.78 is 14.0. The molecule has 0 heterocycles. The Hall–Kier alpha value is -2.26. The average Bonchev–Trinajstić information content (AvgIpc) is 3.20. The number of aryl methyl sites for hydroxylation is 2. The lowest BCUT2D eigenvalue weighted by atomic mass is 9.82. The Balaban J connectivity index is 1.80. The van der Waals surface area contributed by atoms with Gasteiger partial charge in [0.15, 0.2) is 0 Å². The first kappa shape index (κ1) is 52.1. The molecule has 2 aromatic carbocycles. The highest BCUT2D eigenvalue weighted by Crippen LogP contribution is 2.49. The Morgan fingerprint density at radius 3 is 1.22 bits per heavy atom. The van der Waals surface area contributed by atoms with E-state index in [0.717, 1.165) is 81.6 Å². The van der Waals surface area contributed by atoms with E-state index in [2.05, 4.69) is 105 Å². The smallest absolute Gasteiger partial charge is 0.310 e. The van der Waals surface area contributed by atoms with Crippen LogP contribution in [0.3, 0.4) is 0 Å². The molecule has 0 saturated heterocycles. The van der Waals surface area contributed by atoms with Gasteiger partial charge in [0.1, 0.15) is 0 Å². The molecule has 0 fully saturated rings. The van der Waals surface area contributed by atoms with Crippen LogP contribution in [0.2, 0.25) is 0 Å². The van der Waals surface area contributed by atoms with Crippen LogP contribution in [0, 0.1) is 11.8 Å². The number of thioether (sulfide) groups is 2. The fraction of sp³-hybridized carbons (Fsp3) is 0.692. The second kappa shape index (κ2) is 29.2. The molecule has 2 aromatic rings. The minimum atomic E-state index is -0.563. The highest BCUT2D eigenvalue weighted by Gasteiger charge is 2.41. The quantitative estimate of drug-likeness (QED) is 0.0415. The van der Waals surface area contributed by atoms with Crippen molar-refractivity contribution in [2.45, 2.75) is 165 Å². The Kier molecular flexibility index (Phi) is 25.3. The molecule has 0 spiro atoms. The van der Waals surface area contributed by atoms with Crippen molar-refractivity contribution >= 4 is 35.5 Å². The van der Waals surface area contributed by atoms with Crippen molar-refractivity contribution < 1.29 is 28.0 Å². The van der Waals surface area contributed by atoms with E-state index in [1.54, 1.807) is 23.5 Å². The van der Waals surface area contributed by atoms with Crippen LogP contribution >= 0.6 is 23.5 Å². The number of allylic oxidation sites excluding steroid dienone is 2. The zero-order chi connectivity index (χ0) is 43.6. The number of ether oxygens (including phenoxy) is 2. The molecule has 8 heteroatoms. The van der Waals surface area contributed by atoms with E-state index in [9.17, 15) is 9.59 Å². The van der Waals surface area contributed by atoms with E-state index in [0.29, 0.717) is 26.1 Å². The van der Waals surface area contributed by atoms with E-state index in [4.69, 9.17) is 9.47 Å². The van der Waals surface area contributed by atoms with Gasteiger partial charge in [-0.2, -0.15) is 0 Å². The highest BCUT2D eigenvalue weighted by atomic mass is 32.2. The summed E-state index contributed by atoms with van der Waals surface area (Å²) in [4.78, 5) is 32.7. The predicted octanol–water partition coefficient (Wildman–Crippen LogP) is 13.5. The molecule has 0 amide bonds. The molecule has 0 aliphatic heterocycles. The van der Waals surface area contributed by atoms with Gasteiger partial charge in [0, 0.05) is 19.6 Å². The summed E-state index contributed by atoms with van der Waals surface area (Å²) in [5.41, 5.74) is 2.74. The van der Waals surface area contributed by atoms with Crippen LogP contribution in [-0.4, -0.2) is 89.5 Å². The normalized spacial score (nSPS) is 16.0. The lowest BCUT2D eigenvalue weighted by Crippen LogP contribution is -2.36. The topological polar surface area (TPSA) is 52.6 Å². The standard InChI is InChI=1S/C52H86N2O4S2/c1-9-11-13-15-17-21-27-43-29-33-45(34-30-43)59-49-41-47(51(55)57-39-25-19-16-14-12-10-2)48(52(56)58-40-26-20-18-23-37-53(3,4)5)42-50(49)60-46-35-31-44(32-36-46)28-22-24-38-54(6,7)8/h29-36,47-48H,9-28,37-42H2,1-8H3/q+2/t47-,48-/m0/s1. The van der Waals surface area contributed by atoms with Crippen molar-refractivity contribution in [2.24, 2.45) is 11.8 Å². The molecule has 60 heavy (non-hydrogen) atoms. The number of rotatable bonds is 32. The SMILES string of the molecule is CCCCCCCCOC(=O)[C@H]1CC(Sc2ccc(CCCCCCCC)cc2)=C(Sc2ccc(CCCC[N+](C)(C)C)cc2)C[C@@H]1C(=O)OCCCCCC[N+](C)(C)C. The number of benzene rings is 2. The molecule has 2 atom stereocenters. The van der Waals surface area contributed by atoms with Gasteiger partial charge in [-0.3, -0.25) is 9.59 Å². The van der Waals surface area contributed by atoms with Crippen molar-refractivity contribution in [3.63, 3.8) is 0 Å². The van der Waals surface area contributed by atoms with Gasteiger partial charge in [-0.25, -0.2) is 0 Å². The van der Waals surface area contributed by atoms with Gasteiger partial charge in [0.2, 0.25) is 0 Å². The van der Waals surface area contributed by atoms with Gasteiger partial charge in [-0.15, -0.1) is 0 Å². The van der Waals surface area contributed by atoms with Crippen LogP contribution in [0.15, 0.2) is 68.1 Å². The zero-order valence-electron chi connectivity index (χ0n) is 39.5. The Bertz CT molecular complexity index is 1510. The first-order chi connectivity index (χ1) is 28.8. The van der Waals surface area contributed by atoms with Crippen LogP contribution in [0.25, 0.3) is 0 Å². The molecular weight excluding hydrogens is 781 g/mol. The molecule has 0 saturated carbocycles. The minimum Gasteiger partial charge on any atom is -0.465 e. The monoisotopic (exact) mass is 867 g/mol. The average molecular weight is 867 g/mol. The summed E-state index contributed by atoms with van der Waals surface area (Å²) in [6, 6.07) is 18.0. The zero-order valence-corrected chi connectivity index (χ0v) is 41.1. The number of carbonyl (C=O) groups is 2. The number of carbonyl (C=O) groups excluding carboxylic acids is 2. The Morgan fingerprint density at radius 2 is 0.817 bits per heavy atom. The van der Waals surface area contributed by atoms with E-state index >= 15 is 0 Å². The lowest BCUT2D eigenvalue weighted by Gasteiger charge is -2.32. The molecule has 338 valence electrons. The lowest BCUT2D eigenvalue weighted by molar-refractivity contribution is -0.870. The molecule has 0 aromatic heterocycles. The number of nitrogens with zero attached hydrogens (tertiary/aromatic N) is 2. The molecular formula is C52H86N2O4S2+2. The number of hydrogen-bond acceptors (Lipinski definition) is 6. The summed E-state index contributed by atoms with van der Waals surface area (Å²) in [7, 11) is 13.4. The summed E-state index contributed by atoms with van der Waals surface area (Å²) in [5.74, 6) is -1.63. The van der Waals surface area contributed by atoms with E-state index in [1.165, 1.54) is 99.6 Å². The maximum Gasteiger partial charge on any atom is 0.310 e. The molecule has 0 bridgehead atoms. The van der Waals surface area contributed by atoms with E-state index in [-0.39, 0.29) is 11.9 Å². The van der Waals surface area contributed by atoms with Crippen LogP contribution in [-0.2, 0) is 31.9 Å². The molecule has 1 aliphatic carbocycles. The van der Waals surface area contributed by atoms with Crippen molar-refractivity contribution in [1.29, 1.82) is 0 Å². The molecule has 0 N–H and O–H groups in total. The van der Waals surface area contributed by atoms with Crippen molar-refractivity contribution in [3.8, 4) is 0 Å².